The van der Waals surface area contributed by atoms with Gasteiger partial charge >= 0.3 is 5.76 Å². The van der Waals surface area contributed by atoms with E-state index in [2.05, 4.69) is 4.98 Å². The van der Waals surface area contributed by atoms with E-state index in [4.69, 9.17) is 9.15 Å². The quantitative estimate of drug-likeness (QED) is 0.675. The number of benzene rings is 1. The van der Waals surface area contributed by atoms with Gasteiger partial charge in [-0.2, -0.15) is 4.31 Å². The first kappa shape index (κ1) is 17.7. The highest BCUT2D eigenvalue weighted by atomic mass is 32.2. The zero-order chi connectivity index (χ0) is 19.0. The van der Waals surface area contributed by atoms with Crippen molar-refractivity contribution in [1.82, 2.24) is 13.9 Å². The number of sulfonamides is 1. The summed E-state index contributed by atoms with van der Waals surface area (Å²) in [5.74, 6) is 0.146. The zero-order valence-electron chi connectivity index (χ0n) is 14.7. The standard InChI is InChI=1S/C18H19N3O5S/c1-20-16-11-15(4-5-17(16)26-18(20)22)27(23,24)21-10-2-3-14(12-21)25-13-6-8-19-9-7-13/h4-9,11,14H,2-3,10,12H2,1H3. The van der Waals surface area contributed by atoms with E-state index in [-0.39, 0.29) is 17.5 Å². The van der Waals surface area contributed by atoms with Gasteiger partial charge in [-0.05, 0) is 43.2 Å². The van der Waals surface area contributed by atoms with Crippen LogP contribution in [0.4, 0.5) is 0 Å². The van der Waals surface area contributed by atoms with E-state index in [9.17, 15) is 13.2 Å². The van der Waals surface area contributed by atoms with Crippen molar-refractivity contribution >= 4 is 21.1 Å². The summed E-state index contributed by atoms with van der Waals surface area (Å²) < 4.78 is 39.9. The second-order valence-corrected chi connectivity index (χ2v) is 8.42. The lowest BCUT2D eigenvalue weighted by atomic mass is 10.1. The van der Waals surface area contributed by atoms with Crippen molar-refractivity contribution < 1.29 is 17.6 Å². The number of hydrogen-bond acceptors (Lipinski definition) is 6. The molecule has 142 valence electrons. The molecule has 1 aromatic carbocycles. The van der Waals surface area contributed by atoms with E-state index in [1.54, 1.807) is 31.6 Å². The van der Waals surface area contributed by atoms with E-state index in [0.717, 1.165) is 6.42 Å². The van der Waals surface area contributed by atoms with Crippen molar-refractivity contribution in [3.8, 4) is 5.75 Å². The van der Waals surface area contributed by atoms with E-state index in [0.29, 0.717) is 29.8 Å². The van der Waals surface area contributed by atoms with Gasteiger partial charge < -0.3 is 9.15 Å². The van der Waals surface area contributed by atoms with E-state index >= 15 is 0 Å². The number of pyridine rings is 1. The van der Waals surface area contributed by atoms with Crippen LogP contribution in [0, 0.1) is 0 Å². The molecule has 1 atom stereocenters. The predicted molar refractivity (Wildman–Crippen MR) is 98.1 cm³/mol. The Morgan fingerprint density at radius 2 is 2.00 bits per heavy atom. The summed E-state index contributed by atoms with van der Waals surface area (Å²) in [4.78, 5) is 15.7. The third-order valence-corrected chi connectivity index (χ3v) is 6.56. The molecule has 3 heterocycles. The van der Waals surface area contributed by atoms with Gasteiger partial charge in [-0.1, -0.05) is 0 Å². The molecule has 0 N–H and O–H groups in total. The maximum absolute atomic E-state index is 13.1. The summed E-state index contributed by atoms with van der Waals surface area (Å²) in [6.07, 6.45) is 4.54. The van der Waals surface area contributed by atoms with Crippen molar-refractivity contribution in [3.63, 3.8) is 0 Å². The van der Waals surface area contributed by atoms with Crippen molar-refractivity contribution in [3.05, 3.63) is 53.3 Å². The number of piperidine rings is 1. The third kappa shape index (κ3) is 3.35. The van der Waals surface area contributed by atoms with Crippen molar-refractivity contribution in [2.75, 3.05) is 13.1 Å². The average Bonchev–Trinajstić information content (AvgIpc) is 2.96. The van der Waals surface area contributed by atoms with Crippen LogP contribution in [-0.2, 0) is 17.1 Å². The highest BCUT2D eigenvalue weighted by Gasteiger charge is 2.31. The molecule has 0 bridgehead atoms. The topological polar surface area (TPSA) is 94.6 Å². The van der Waals surface area contributed by atoms with Crippen LogP contribution < -0.4 is 10.5 Å². The van der Waals surface area contributed by atoms with Gasteiger partial charge in [-0.15, -0.1) is 0 Å². The number of rotatable bonds is 4. The molecule has 4 rings (SSSR count). The summed E-state index contributed by atoms with van der Waals surface area (Å²) in [7, 11) is -2.16. The minimum atomic E-state index is -3.70. The average molecular weight is 389 g/mol. The van der Waals surface area contributed by atoms with Crippen LogP contribution in [0.15, 0.2) is 56.8 Å². The molecular formula is C18H19N3O5S. The van der Waals surface area contributed by atoms with Crippen molar-refractivity contribution in [2.24, 2.45) is 7.05 Å². The molecular weight excluding hydrogens is 370 g/mol. The SMILES string of the molecule is Cn1c(=O)oc2ccc(S(=O)(=O)N3CCCC(Oc4ccncc4)C3)cc21. The number of nitrogens with zero attached hydrogens (tertiary/aromatic N) is 3. The van der Waals surface area contributed by atoms with Gasteiger partial charge in [-0.25, -0.2) is 13.2 Å². The molecule has 3 aromatic rings. The fourth-order valence-corrected chi connectivity index (χ4v) is 4.78. The van der Waals surface area contributed by atoms with Crippen LogP contribution in [0.3, 0.4) is 0 Å². The zero-order valence-corrected chi connectivity index (χ0v) is 15.6. The molecule has 1 aliphatic heterocycles. The molecule has 0 aliphatic carbocycles. The number of ether oxygens (including phenoxy) is 1. The van der Waals surface area contributed by atoms with E-state index in [1.807, 2.05) is 0 Å². The Hall–Kier alpha value is -2.65. The molecule has 1 saturated heterocycles. The first-order valence-corrected chi connectivity index (χ1v) is 10.1. The molecule has 27 heavy (non-hydrogen) atoms. The fourth-order valence-electron chi connectivity index (χ4n) is 3.24. The molecule has 0 amide bonds. The monoisotopic (exact) mass is 389 g/mol. The molecule has 0 radical (unpaired) electrons. The van der Waals surface area contributed by atoms with Crippen LogP contribution in [0.1, 0.15) is 12.8 Å². The Bertz CT molecular complexity index is 1120. The van der Waals surface area contributed by atoms with Gasteiger partial charge in [0.1, 0.15) is 11.9 Å². The molecule has 9 heteroatoms. The molecule has 1 aliphatic rings. The smallest absolute Gasteiger partial charge is 0.419 e. The Balaban J connectivity index is 1.59. The van der Waals surface area contributed by atoms with Gasteiger partial charge in [0.15, 0.2) is 5.58 Å². The van der Waals surface area contributed by atoms with Crippen LogP contribution in [0.2, 0.25) is 0 Å². The lowest BCUT2D eigenvalue weighted by Gasteiger charge is -2.32. The second-order valence-electron chi connectivity index (χ2n) is 6.48. The highest BCUT2D eigenvalue weighted by molar-refractivity contribution is 7.89. The normalized spacial score (nSPS) is 18.6. The van der Waals surface area contributed by atoms with E-state index < -0.39 is 15.8 Å². The third-order valence-electron chi connectivity index (χ3n) is 4.69. The second kappa shape index (κ2) is 6.82. The predicted octanol–water partition coefficient (Wildman–Crippen LogP) is 1.76. The van der Waals surface area contributed by atoms with Gasteiger partial charge in [0.2, 0.25) is 10.0 Å². The highest BCUT2D eigenvalue weighted by Crippen LogP contribution is 2.25. The Labute approximate surface area is 156 Å². The van der Waals surface area contributed by atoms with Crippen LogP contribution in [-0.4, -0.2) is 41.5 Å². The first-order valence-electron chi connectivity index (χ1n) is 8.61. The number of fused-ring (bicyclic) bond motifs is 1. The first-order chi connectivity index (χ1) is 12.9. The van der Waals surface area contributed by atoms with Gasteiger partial charge in [-0.3, -0.25) is 9.55 Å². The molecule has 2 aromatic heterocycles. The summed E-state index contributed by atoms with van der Waals surface area (Å²) in [6, 6.07) is 7.96. The maximum atomic E-state index is 13.1. The van der Waals surface area contributed by atoms with Crippen LogP contribution in [0.5, 0.6) is 5.75 Å². The lowest BCUT2D eigenvalue weighted by molar-refractivity contribution is 0.129. The summed E-state index contributed by atoms with van der Waals surface area (Å²) >= 11 is 0. The van der Waals surface area contributed by atoms with Gasteiger partial charge in [0, 0.05) is 26.0 Å². The Morgan fingerprint density at radius 3 is 2.78 bits per heavy atom. The lowest BCUT2D eigenvalue weighted by Crippen LogP contribution is -2.44. The summed E-state index contributed by atoms with van der Waals surface area (Å²) in [5.41, 5.74) is 0.807. The van der Waals surface area contributed by atoms with Crippen LogP contribution in [0.25, 0.3) is 11.1 Å². The minimum Gasteiger partial charge on any atom is -0.489 e. The largest absolute Gasteiger partial charge is 0.489 e. The molecule has 1 unspecified atom stereocenters. The number of aryl methyl sites for hydroxylation is 1. The Kier molecular flexibility index (Phi) is 4.48. The summed E-state index contributed by atoms with van der Waals surface area (Å²) in [5, 5.41) is 0. The minimum absolute atomic E-state index is 0.135. The van der Waals surface area contributed by atoms with Gasteiger partial charge in [0.25, 0.3) is 0 Å². The number of hydrogen-bond donors (Lipinski definition) is 0. The molecule has 8 nitrogen and oxygen atoms in total. The maximum Gasteiger partial charge on any atom is 0.419 e. The number of oxazole rings is 1. The van der Waals surface area contributed by atoms with Crippen molar-refractivity contribution in [2.45, 2.75) is 23.8 Å². The van der Waals surface area contributed by atoms with Crippen molar-refractivity contribution in [1.29, 1.82) is 0 Å². The molecule has 0 spiro atoms. The number of aromatic nitrogens is 2. The molecule has 1 fully saturated rings. The van der Waals surface area contributed by atoms with Gasteiger partial charge in [0.05, 0.1) is 17.0 Å². The Morgan fingerprint density at radius 1 is 1.22 bits per heavy atom. The summed E-state index contributed by atoms with van der Waals surface area (Å²) in [6.45, 7) is 0.702. The van der Waals surface area contributed by atoms with Crippen LogP contribution >= 0.6 is 0 Å². The fraction of sp³-hybridized carbons (Fsp3) is 0.333. The molecule has 0 saturated carbocycles. The van der Waals surface area contributed by atoms with E-state index in [1.165, 1.54) is 27.1 Å².